The largest absolute Gasteiger partial charge is 0.348 e. The Morgan fingerprint density at radius 1 is 1.20 bits per heavy atom. The van der Waals surface area contributed by atoms with E-state index in [1.54, 1.807) is 18.3 Å². The van der Waals surface area contributed by atoms with E-state index in [2.05, 4.69) is 26.3 Å². The zero-order valence-corrected chi connectivity index (χ0v) is 16.3. The van der Waals surface area contributed by atoms with Gasteiger partial charge in [-0.1, -0.05) is 18.2 Å². The van der Waals surface area contributed by atoms with Crippen molar-refractivity contribution in [2.75, 3.05) is 5.32 Å². The Bertz CT molecular complexity index is 1290. The van der Waals surface area contributed by atoms with E-state index >= 15 is 0 Å². The SMILES string of the molecule is Cc1cccn2c(-c3nc(N[C@@H](C)c4ccc([N+](=O)[O-])cc4)ncc3C#N)cnc12. The predicted molar refractivity (Wildman–Crippen MR) is 111 cm³/mol. The van der Waals surface area contributed by atoms with E-state index < -0.39 is 4.92 Å². The molecule has 1 N–H and O–H groups in total. The van der Waals surface area contributed by atoms with Gasteiger partial charge in [0.05, 0.1) is 34.6 Å². The van der Waals surface area contributed by atoms with Gasteiger partial charge in [0.25, 0.3) is 5.69 Å². The molecule has 1 atom stereocenters. The molecule has 148 valence electrons. The average molecular weight is 399 g/mol. The lowest BCUT2D eigenvalue weighted by molar-refractivity contribution is -0.384. The van der Waals surface area contributed by atoms with Crippen LogP contribution >= 0.6 is 0 Å². The third kappa shape index (κ3) is 3.42. The summed E-state index contributed by atoms with van der Waals surface area (Å²) in [6.45, 7) is 3.87. The van der Waals surface area contributed by atoms with Gasteiger partial charge in [-0.2, -0.15) is 5.26 Å². The van der Waals surface area contributed by atoms with Crippen molar-refractivity contribution in [2.24, 2.45) is 0 Å². The number of hydrogen-bond donors (Lipinski definition) is 1. The second-order valence-corrected chi connectivity index (χ2v) is 6.81. The molecule has 0 fully saturated rings. The van der Waals surface area contributed by atoms with E-state index in [1.807, 2.05) is 36.6 Å². The fraction of sp³-hybridized carbons (Fsp3) is 0.143. The number of nitro benzene ring substituents is 1. The molecule has 30 heavy (non-hydrogen) atoms. The first-order valence-corrected chi connectivity index (χ1v) is 9.19. The minimum atomic E-state index is -0.435. The van der Waals surface area contributed by atoms with E-state index in [4.69, 9.17) is 0 Å². The summed E-state index contributed by atoms with van der Waals surface area (Å²) in [5.41, 5.74) is 4.20. The van der Waals surface area contributed by atoms with E-state index in [-0.39, 0.29) is 11.7 Å². The van der Waals surface area contributed by atoms with E-state index in [9.17, 15) is 15.4 Å². The van der Waals surface area contributed by atoms with Crippen LogP contribution in [0.3, 0.4) is 0 Å². The minimum absolute atomic E-state index is 0.0331. The highest BCUT2D eigenvalue weighted by Crippen LogP contribution is 2.26. The molecule has 4 aromatic rings. The number of anilines is 1. The summed E-state index contributed by atoms with van der Waals surface area (Å²) < 4.78 is 1.89. The maximum Gasteiger partial charge on any atom is 0.269 e. The molecule has 3 heterocycles. The number of nitro groups is 1. The zero-order chi connectivity index (χ0) is 21.3. The van der Waals surface area contributed by atoms with Crippen molar-refractivity contribution in [3.05, 3.63) is 81.8 Å². The van der Waals surface area contributed by atoms with Crippen LogP contribution < -0.4 is 5.32 Å². The van der Waals surface area contributed by atoms with Crippen molar-refractivity contribution < 1.29 is 4.92 Å². The van der Waals surface area contributed by atoms with E-state index in [0.29, 0.717) is 22.9 Å². The van der Waals surface area contributed by atoms with Crippen molar-refractivity contribution in [3.8, 4) is 17.5 Å². The van der Waals surface area contributed by atoms with Crippen molar-refractivity contribution in [1.29, 1.82) is 5.26 Å². The Balaban J connectivity index is 1.68. The Hall–Kier alpha value is -4.32. The summed E-state index contributed by atoms with van der Waals surface area (Å²) in [4.78, 5) is 23.7. The maximum absolute atomic E-state index is 10.8. The van der Waals surface area contributed by atoms with Crippen molar-refractivity contribution in [2.45, 2.75) is 19.9 Å². The molecule has 9 heteroatoms. The number of aromatic nitrogens is 4. The maximum atomic E-state index is 10.8. The molecule has 0 aliphatic rings. The first kappa shape index (κ1) is 19.0. The molecule has 0 spiro atoms. The predicted octanol–water partition coefficient (Wildman–Crippen LogP) is 4.05. The van der Waals surface area contributed by atoms with Gasteiger partial charge in [0.15, 0.2) is 0 Å². The highest BCUT2D eigenvalue weighted by Gasteiger charge is 2.16. The van der Waals surface area contributed by atoms with Gasteiger partial charge in [0.2, 0.25) is 5.95 Å². The molecule has 9 nitrogen and oxygen atoms in total. The van der Waals surface area contributed by atoms with Gasteiger partial charge in [-0.15, -0.1) is 0 Å². The fourth-order valence-corrected chi connectivity index (χ4v) is 3.22. The summed E-state index contributed by atoms with van der Waals surface area (Å²) in [6.07, 6.45) is 5.04. The number of pyridine rings is 1. The molecule has 0 saturated heterocycles. The third-order valence-electron chi connectivity index (χ3n) is 4.83. The molecule has 3 aromatic heterocycles. The topological polar surface area (TPSA) is 122 Å². The Morgan fingerprint density at radius 3 is 2.67 bits per heavy atom. The van der Waals surface area contributed by atoms with Crippen LogP contribution in [0.15, 0.2) is 55.0 Å². The highest BCUT2D eigenvalue weighted by atomic mass is 16.6. The van der Waals surface area contributed by atoms with Crippen LogP contribution in [0.25, 0.3) is 17.0 Å². The molecule has 0 bridgehead atoms. The molecule has 0 saturated carbocycles. The monoisotopic (exact) mass is 399 g/mol. The van der Waals surface area contributed by atoms with Crippen molar-refractivity contribution in [3.63, 3.8) is 0 Å². The third-order valence-corrected chi connectivity index (χ3v) is 4.83. The highest BCUT2D eigenvalue weighted by molar-refractivity contribution is 5.68. The minimum Gasteiger partial charge on any atom is -0.348 e. The Labute approximate surface area is 171 Å². The number of imidazole rings is 1. The summed E-state index contributed by atoms with van der Waals surface area (Å²) in [5, 5.41) is 23.6. The van der Waals surface area contributed by atoms with Crippen LogP contribution in [0, 0.1) is 28.4 Å². The van der Waals surface area contributed by atoms with Gasteiger partial charge in [-0.25, -0.2) is 15.0 Å². The molecule has 0 aliphatic heterocycles. The fourth-order valence-electron chi connectivity index (χ4n) is 3.22. The van der Waals surface area contributed by atoms with E-state index in [1.165, 1.54) is 18.3 Å². The number of benzene rings is 1. The molecule has 0 radical (unpaired) electrons. The molecular formula is C21H17N7O2. The number of rotatable bonds is 5. The number of nitriles is 1. The summed E-state index contributed by atoms with van der Waals surface area (Å²) >= 11 is 0. The smallest absolute Gasteiger partial charge is 0.269 e. The van der Waals surface area contributed by atoms with Gasteiger partial charge in [0.1, 0.15) is 17.4 Å². The van der Waals surface area contributed by atoms with Gasteiger partial charge in [0, 0.05) is 18.3 Å². The Morgan fingerprint density at radius 2 is 1.97 bits per heavy atom. The molecular weight excluding hydrogens is 382 g/mol. The van der Waals surface area contributed by atoms with Crippen LogP contribution in [0.4, 0.5) is 11.6 Å². The number of nitrogens with one attached hydrogen (secondary N) is 1. The normalized spacial score (nSPS) is 11.8. The lowest BCUT2D eigenvalue weighted by Crippen LogP contribution is -2.10. The van der Waals surface area contributed by atoms with Crippen LogP contribution in [0.2, 0.25) is 0 Å². The zero-order valence-electron chi connectivity index (χ0n) is 16.3. The second kappa shape index (κ2) is 7.60. The summed E-state index contributed by atoms with van der Waals surface area (Å²) in [6, 6.07) is 12.1. The first-order chi connectivity index (χ1) is 14.5. The summed E-state index contributed by atoms with van der Waals surface area (Å²) in [7, 11) is 0. The molecule has 0 aliphatic carbocycles. The number of nitrogens with zero attached hydrogens (tertiary/aromatic N) is 6. The van der Waals surface area contributed by atoms with Gasteiger partial charge < -0.3 is 5.32 Å². The van der Waals surface area contributed by atoms with Crippen LogP contribution in [-0.4, -0.2) is 24.3 Å². The average Bonchev–Trinajstić information content (AvgIpc) is 3.19. The lowest BCUT2D eigenvalue weighted by atomic mass is 10.1. The first-order valence-electron chi connectivity index (χ1n) is 9.19. The number of fused-ring (bicyclic) bond motifs is 1. The molecule has 0 unspecified atom stereocenters. The van der Waals surface area contributed by atoms with Crippen LogP contribution in [-0.2, 0) is 0 Å². The quantitative estimate of drug-likeness (QED) is 0.397. The lowest BCUT2D eigenvalue weighted by Gasteiger charge is -2.15. The second-order valence-electron chi connectivity index (χ2n) is 6.81. The standard InChI is InChI=1S/C21H17N7O2/c1-13-4-3-9-27-18(12-23-20(13)27)19-16(10-22)11-24-21(26-19)25-14(2)15-5-7-17(8-6-15)28(29)30/h3-9,11-12,14H,1-2H3,(H,24,25,26)/t14-/m0/s1. The summed E-state index contributed by atoms with van der Waals surface area (Å²) in [5.74, 6) is 0.345. The Kier molecular flexibility index (Phi) is 4.82. The number of aryl methyl sites for hydroxylation is 1. The number of non-ortho nitro benzene ring substituents is 1. The van der Waals surface area contributed by atoms with Gasteiger partial charge >= 0.3 is 0 Å². The molecule has 4 rings (SSSR count). The number of hydrogen-bond acceptors (Lipinski definition) is 7. The van der Waals surface area contributed by atoms with E-state index in [0.717, 1.165) is 16.8 Å². The van der Waals surface area contributed by atoms with Gasteiger partial charge in [-0.3, -0.25) is 14.5 Å². The molecule has 1 aromatic carbocycles. The van der Waals surface area contributed by atoms with Crippen molar-refractivity contribution in [1.82, 2.24) is 19.4 Å². The molecule has 0 amide bonds. The van der Waals surface area contributed by atoms with Crippen LogP contribution in [0.1, 0.15) is 29.7 Å². The van der Waals surface area contributed by atoms with Crippen LogP contribution in [0.5, 0.6) is 0 Å². The van der Waals surface area contributed by atoms with Gasteiger partial charge in [-0.05, 0) is 31.0 Å². The van der Waals surface area contributed by atoms with Crippen molar-refractivity contribution >= 4 is 17.3 Å².